The first-order valence-corrected chi connectivity index (χ1v) is 8.60. The minimum absolute atomic E-state index is 0.0899. The van der Waals surface area contributed by atoms with Gasteiger partial charge in [0.2, 0.25) is 5.91 Å². The number of hydrogen-bond donors (Lipinski definition) is 1. The molecule has 6 heteroatoms. The fraction of sp³-hybridized carbons (Fsp3) is 0.786. The zero-order valence-corrected chi connectivity index (χ0v) is 13.9. The Labute approximate surface area is 131 Å². The molecule has 0 heterocycles. The Hall–Kier alpha value is -0.800. The van der Waals surface area contributed by atoms with E-state index in [1.165, 1.54) is 11.8 Å². The van der Waals surface area contributed by atoms with Crippen molar-refractivity contribution in [1.82, 2.24) is 10.2 Å². The Morgan fingerprint density at radius 3 is 2.45 bits per heavy atom. The Balaban J connectivity index is 2.43. The lowest BCUT2D eigenvalue weighted by atomic mass is 9.83. The van der Waals surface area contributed by atoms with Gasteiger partial charge >= 0.3 is 0 Å². The van der Waals surface area contributed by atoms with Gasteiger partial charge in [0.25, 0.3) is 0 Å². The van der Waals surface area contributed by atoms with Crippen LogP contribution in [0.25, 0.3) is 0 Å². The Morgan fingerprint density at radius 2 is 1.95 bits per heavy atom. The van der Waals surface area contributed by atoms with Crippen LogP contribution in [0.3, 0.4) is 0 Å². The standard InChI is InChI=1S/C14H23N3OS2/c1-3-17(4-2)13(19)20-10-12(18)16-14(11-15)8-6-5-7-9-14/h3-10H2,1-2H3,(H,16,18). The Kier molecular flexibility index (Phi) is 7.31. The van der Waals surface area contributed by atoms with Crippen LogP contribution in [0.4, 0.5) is 0 Å². The molecule has 1 saturated carbocycles. The van der Waals surface area contributed by atoms with Gasteiger partial charge in [0, 0.05) is 13.1 Å². The number of carbonyl (C=O) groups is 1. The zero-order chi connectivity index (χ0) is 15.0. The van der Waals surface area contributed by atoms with Gasteiger partial charge in [-0.1, -0.05) is 43.2 Å². The lowest BCUT2D eigenvalue weighted by Crippen LogP contribution is -2.49. The second kappa shape index (κ2) is 8.48. The highest BCUT2D eigenvalue weighted by atomic mass is 32.2. The average Bonchev–Trinajstić information content (AvgIpc) is 2.47. The zero-order valence-electron chi connectivity index (χ0n) is 12.3. The summed E-state index contributed by atoms with van der Waals surface area (Å²) in [5.74, 6) is 0.201. The predicted octanol–water partition coefficient (Wildman–Crippen LogP) is 2.69. The van der Waals surface area contributed by atoms with Crippen LogP contribution in [0.15, 0.2) is 0 Å². The van der Waals surface area contributed by atoms with Crippen molar-refractivity contribution < 1.29 is 4.79 Å². The van der Waals surface area contributed by atoms with E-state index in [1.807, 2.05) is 18.7 Å². The molecule has 1 amide bonds. The van der Waals surface area contributed by atoms with Gasteiger partial charge in [0.1, 0.15) is 9.86 Å². The van der Waals surface area contributed by atoms with Gasteiger partial charge in [-0.3, -0.25) is 4.79 Å². The first-order chi connectivity index (χ1) is 9.56. The smallest absolute Gasteiger partial charge is 0.231 e. The highest BCUT2D eigenvalue weighted by Crippen LogP contribution is 2.27. The summed E-state index contributed by atoms with van der Waals surface area (Å²) in [5, 5.41) is 12.2. The average molecular weight is 313 g/mol. The summed E-state index contributed by atoms with van der Waals surface area (Å²) in [6, 6.07) is 2.30. The highest BCUT2D eigenvalue weighted by molar-refractivity contribution is 8.23. The maximum Gasteiger partial charge on any atom is 0.231 e. The summed E-state index contributed by atoms with van der Waals surface area (Å²) in [4.78, 5) is 14.1. The van der Waals surface area contributed by atoms with E-state index in [2.05, 4.69) is 11.4 Å². The van der Waals surface area contributed by atoms with Crippen LogP contribution in [-0.4, -0.2) is 39.5 Å². The van der Waals surface area contributed by atoms with Crippen molar-refractivity contribution in [1.29, 1.82) is 5.26 Å². The molecule has 0 unspecified atom stereocenters. The van der Waals surface area contributed by atoms with E-state index in [0.29, 0.717) is 5.75 Å². The molecule has 1 aliphatic rings. The van der Waals surface area contributed by atoms with E-state index in [1.54, 1.807) is 0 Å². The van der Waals surface area contributed by atoms with Gasteiger partial charge in [-0.05, 0) is 26.7 Å². The van der Waals surface area contributed by atoms with Gasteiger partial charge in [-0.25, -0.2) is 0 Å². The monoisotopic (exact) mass is 313 g/mol. The first kappa shape index (κ1) is 17.3. The molecule has 0 spiro atoms. The number of thiocarbonyl (C=S) groups is 1. The van der Waals surface area contributed by atoms with Crippen molar-refractivity contribution in [3.05, 3.63) is 0 Å². The second-order valence-corrected chi connectivity index (χ2v) is 6.64. The Bertz CT molecular complexity index is 382. The summed E-state index contributed by atoms with van der Waals surface area (Å²) in [5.41, 5.74) is -0.646. The van der Waals surface area contributed by atoms with E-state index >= 15 is 0 Å². The molecular formula is C14H23N3OS2. The molecular weight excluding hydrogens is 290 g/mol. The summed E-state index contributed by atoms with van der Waals surface area (Å²) >= 11 is 6.67. The quantitative estimate of drug-likeness (QED) is 0.791. The van der Waals surface area contributed by atoms with Crippen LogP contribution in [0.2, 0.25) is 0 Å². The van der Waals surface area contributed by atoms with Gasteiger partial charge in [0.15, 0.2) is 0 Å². The first-order valence-electron chi connectivity index (χ1n) is 7.21. The van der Waals surface area contributed by atoms with Crippen molar-refractivity contribution in [2.45, 2.75) is 51.5 Å². The number of rotatable bonds is 5. The van der Waals surface area contributed by atoms with E-state index in [0.717, 1.165) is 49.5 Å². The highest BCUT2D eigenvalue weighted by Gasteiger charge is 2.33. The maximum atomic E-state index is 12.0. The molecule has 0 atom stereocenters. The van der Waals surface area contributed by atoms with E-state index in [-0.39, 0.29) is 5.91 Å². The SMILES string of the molecule is CCN(CC)C(=S)SCC(=O)NC1(C#N)CCCCC1. The fourth-order valence-corrected chi connectivity index (χ4v) is 3.63. The molecule has 1 rings (SSSR count). The molecule has 1 aliphatic carbocycles. The number of thioether (sulfide) groups is 1. The number of nitriles is 1. The molecule has 0 bridgehead atoms. The summed E-state index contributed by atoms with van der Waals surface area (Å²) in [6.45, 7) is 5.80. The number of amides is 1. The molecule has 0 aromatic carbocycles. The summed E-state index contributed by atoms with van der Waals surface area (Å²) in [6.07, 6.45) is 4.71. The van der Waals surface area contributed by atoms with E-state index in [9.17, 15) is 10.1 Å². The second-order valence-electron chi connectivity index (χ2n) is 5.03. The minimum Gasteiger partial charge on any atom is -0.358 e. The van der Waals surface area contributed by atoms with Gasteiger partial charge in [0.05, 0.1) is 11.8 Å². The number of carbonyl (C=O) groups excluding carboxylic acids is 1. The number of hydrogen-bond acceptors (Lipinski definition) is 4. The van der Waals surface area contributed by atoms with Crippen molar-refractivity contribution in [3.63, 3.8) is 0 Å². The van der Waals surface area contributed by atoms with Crippen molar-refractivity contribution in [2.75, 3.05) is 18.8 Å². The van der Waals surface area contributed by atoms with Gasteiger partial charge in [-0.2, -0.15) is 5.26 Å². The lowest BCUT2D eigenvalue weighted by Gasteiger charge is -2.31. The van der Waals surface area contributed by atoms with Crippen LogP contribution < -0.4 is 5.32 Å². The van der Waals surface area contributed by atoms with Gasteiger partial charge in [-0.15, -0.1) is 0 Å². The molecule has 20 heavy (non-hydrogen) atoms. The Morgan fingerprint density at radius 1 is 1.35 bits per heavy atom. The van der Waals surface area contributed by atoms with E-state index in [4.69, 9.17) is 12.2 Å². The molecule has 0 radical (unpaired) electrons. The molecule has 112 valence electrons. The van der Waals surface area contributed by atoms with E-state index < -0.39 is 5.54 Å². The molecule has 0 aromatic heterocycles. The van der Waals surface area contributed by atoms with Crippen LogP contribution in [0.1, 0.15) is 46.0 Å². The van der Waals surface area contributed by atoms with Crippen LogP contribution in [-0.2, 0) is 4.79 Å². The topological polar surface area (TPSA) is 56.1 Å². The molecule has 4 nitrogen and oxygen atoms in total. The fourth-order valence-electron chi connectivity index (χ4n) is 2.42. The van der Waals surface area contributed by atoms with Crippen molar-refractivity contribution >= 4 is 34.2 Å². The third-order valence-corrected chi connectivity index (χ3v) is 5.17. The number of nitrogens with one attached hydrogen (secondary N) is 1. The predicted molar refractivity (Wildman–Crippen MR) is 87.5 cm³/mol. The minimum atomic E-state index is -0.646. The number of nitrogens with zero attached hydrogens (tertiary/aromatic N) is 2. The van der Waals surface area contributed by atoms with Crippen molar-refractivity contribution in [3.8, 4) is 6.07 Å². The molecule has 0 saturated heterocycles. The van der Waals surface area contributed by atoms with Crippen molar-refractivity contribution in [2.24, 2.45) is 0 Å². The van der Waals surface area contributed by atoms with Gasteiger partial charge < -0.3 is 10.2 Å². The molecule has 0 aromatic rings. The van der Waals surface area contributed by atoms with Crippen LogP contribution in [0.5, 0.6) is 0 Å². The maximum absolute atomic E-state index is 12.0. The third-order valence-electron chi connectivity index (χ3n) is 3.65. The molecule has 0 aliphatic heterocycles. The van der Waals surface area contributed by atoms with Crippen LogP contribution in [0, 0.1) is 11.3 Å². The van der Waals surface area contributed by atoms with Crippen LogP contribution >= 0.6 is 24.0 Å². The normalized spacial score (nSPS) is 17.1. The lowest BCUT2D eigenvalue weighted by molar-refractivity contribution is -0.120. The summed E-state index contributed by atoms with van der Waals surface area (Å²) < 4.78 is 0.750. The molecule has 1 fully saturated rings. The third kappa shape index (κ3) is 4.95. The largest absolute Gasteiger partial charge is 0.358 e. The summed E-state index contributed by atoms with van der Waals surface area (Å²) in [7, 11) is 0. The molecule has 1 N–H and O–H groups in total.